The number of nitrogens with zero attached hydrogens (tertiary/aromatic N) is 3. The lowest BCUT2D eigenvalue weighted by Crippen LogP contribution is -2.17. The zero-order chi connectivity index (χ0) is 19.4. The van der Waals surface area contributed by atoms with E-state index in [1.54, 1.807) is 0 Å². The van der Waals surface area contributed by atoms with Crippen LogP contribution in [-0.4, -0.2) is 40.0 Å². The van der Waals surface area contributed by atoms with Crippen molar-refractivity contribution >= 4 is 11.8 Å². The molecule has 0 saturated heterocycles. The molecule has 0 spiro atoms. The van der Waals surface area contributed by atoms with Crippen LogP contribution >= 0.6 is 11.8 Å². The molecule has 2 rings (SSSR count). The van der Waals surface area contributed by atoms with Crippen molar-refractivity contribution < 1.29 is 17.9 Å². The third-order valence-corrected chi connectivity index (χ3v) is 4.63. The van der Waals surface area contributed by atoms with E-state index < -0.39 is 12.8 Å². The maximum absolute atomic E-state index is 12.0. The molecule has 0 unspecified atom stereocenters. The van der Waals surface area contributed by atoms with E-state index in [2.05, 4.69) is 35.7 Å². The monoisotopic (exact) mass is 388 g/mol. The van der Waals surface area contributed by atoms with Crippen molar-refractivity contribution in [2.24, 2.45) is 0 Å². The Hall–Kier alpha value is -1.74. The summed E-state index contributed by atoms with van der Waals surface area (Å²) in [7, 11) is 0. The topological polar surface area (TPSA) is 66.0 Å². The van der Waals surface area contributed by atoms with Gasteiger partial charge in [0.05, 0.1) is 0 Å². The maximum Gasteiger partial charge on any atom is 0.411 e. The number of nitrogens with two attached hydrogens (primary N) is 1. The van der Waals surface area contributed by atoms with E-state index in [0.717, 1.165) is 5.56 Å². The summed E-state index contributed by atoms with van der Waals surface area (Å²) in [5.41, 5.74) is 2.12. The Morgan fingerprint density at radius 1 is 1.12 bits per heavy atom. The van der Waals surface area contributed by atoms with Gasteiger partial charge in [-0.2, -0.15) is 13.2 Å². The molecule has 0 radical (unpaired) electrons. The van der Waals surface area contributed by atoms with Crippen molar-refractivity contribution in [2.45, 2.75) is 43.9 Å². The molecule has 1 aromatic heterocycles. The molecule has 0 aliphatic rings. The molecule has 1 heterocycles. The summed E-state index contributed by atoms with van der Waals surface area (Å²) in [6.45, 7) is 5.23. The first-order chi connectivity index (χ1) is 12.1. The molecule has 9 heteroatoms. The number of nitrogen functional groups attached to an aromatic ring is 1. The van der Waals surface area contributed by atoms with Gasteiger partial charge in [-0.1, -0.05) is 56.8 Å². The van der Waals surface area contributed by atoms with Crippen LogP contribution in [0.3, 0.4) is 0 Å². The van der Waals surface area contributed by atoms with Crippen molar-refractivity contribution in [1.82, 2.24) is 14.9 Å². The van der Waals surface area contributed by atoms with Gasteiger partial charge in [-0.3, -0.25) is 0 Å². The number of halogens is 3. The highest BCUT2D eigenvalue weighted by atomic mass is 32.2. The summed E-state index contributed by atoms with van der Waals surface area (Å²) in [6.07, 6.45) is -3.83. The molecule has 0 aliphatic carbocycles. The Bertz CT molecular complexity index is 708. The highest BCUT2D eigenvalue weighted by molar-refractivity contribution is 7.99. The molecule has 26 heavy (non-hydrogen) atoms. The summed E-state index contributed by atoms with van der Waals surface area (Å²) < 4.78 is 41.9. The number of rotatable bonds is 7. The largest absolute Gasteiger partial charge is 0.411 e. The predicted octanol–water partition coefficient (Wildman–Crippen LogP) is 4.02. The quantitative estimate of drug-likeness (QED) is 0.441. The second kappa shape index (κ2) is 8.30. The maximum atomic E-state index is 12.0. The van der Waals surface area contributed by atoms with Gasteiger partial charge >= 0.3 is 6.18 Å². The number of thioether (sulfide) groups is 1. The average molecular weight is 388 g/mol. The van der Waals surface area contributed by atoms with Crippen LogP contribution in [0.1, 0.15) is 32.8 Å². The molecule has 5 nitrogen and oxygen atoms in total. The van der Waals surface area contributed by atoms with E-state index in [9.17, 15) is 13.2 Å². The van der Waals surface area contributed by atoms with Crippen LogP contribution in [0.2, 0.25) is 0 Å². The van der Waals surface area contributed by atoms with E-state index in [0.29, 0.717) is 23.2 Å². The minimum Gasteiger partial charge on any atom is -0.372 e. The van der Waals surface area contributed by atoms with Crippen LogP contribution in [0.5, 0.6) is 0 Å². The molecule has 144 valence electrons. The molecule has 0 aliphatic heterocycles. The van der Waals surface area contributed by atoms with Gasteiger partial charge in [0.15, 0.2) is 5.82 Å². The van der Waals surface area contributed by atoms with E-state index in [4.69, 9.17) is 5.84 Å². The van der Waals surface area contributed by atoms with E-state index in [-0.39, 0.29) is 12.0 Å². The zero-order valence-corrected chi connectivity index (χ0v) is 15.8. The normalized spacial score (nSPS) is 12.5. The number of alkyl halides is 3. The Morgan fingerprint density at radius 3 is 2.35 bits per heavy atom. The fourth-order valence-electron chi connectivity index (χ4n) is 2.20. The van der Waals surface area contributed by atoms with Crippen LogP contribution in [0.4, 0.5) is 13.2 Å². The van der Waals surface area contributed by atoms with E-state index in [1.165, 1.54) is 22.0 Å². The van der Waals surface area contributed by atoms with E-state index >= 15 is 0 Å². The van der Waals surface area contributed by atoms with Crippen molar-refractivity contribution in [2.75, 3.05) is 24.8 Å². The third-order valence-electron chi connectivity index (χ3n) is 3.60. The Kier molecular flexibility index (Phi) is 6.57. The molecule has 0 fully saturated rings. The van der Waals surface area contributed by atoms with Gasteiger partial charge in [0, 0.05) is 17.9 Å². The minimum absolute atomic E-state index is 0.0341. The van der Waals surface area contributed by atoms with Crippen molar-refractivity contribution in [1.29, 1.82) is 0 Å². The predicted molar refractivity (Wildman–Crippen MR) is 96.5 cm³/mol. The Morgan fingerprint density at radius 2 is 1.77 bits per heavy atom. The van der Waals surface area contributed by atoms with Gasteiger partial charge in [-0.25, -0.2) is 4.68 Å². The lowest BCUT2D eigenvalue weighted by molar-refractivity contribution is -0.173. The fourth-order valence-corrected chi connectivity index (χ4v) is 2.97. The lowest BCUT2D eigenvalue weighted by Gasteiger charge is -2.19. The second-order valence-electron chi connectivity index (χ2n) is 6.87. The molecular formula is C17H23F3N4OS. The van der Waals surface area contributed by atoms with E-state index in [1.807, 2.05) is 24.3 Å². The van der Waals surface area contributed by atoms with Gasteiger partial charge in [0.1, 0.15) is 6.61 Å². The second-order valence-corrected chi connectivity index (χ2v) is 7.94. The number of ether oxygens (including phenoxy) is 1. The molecule has 1 aromatic carbocycles. The molecule has 2 N–H and O–H groups in total. The number of hydrogen-bond donors (Lipinski definition) is 1. The molecule has 0 atom stereocenters. The molecule has 0 saturated carbocycles. The van der Waals surface area contributed by atoms with Crippen LogP contribution in [0.15, 0.2) is 29.4 Å². The van der Waals surface area contributed by atoms with Crippen LogP contribution < -0.4 is 5.84 Å². The first-order valence-corrected chi connectivity index (χ1v) is 9.15. The number of hydrogen-bond acceptors (Lipinski definition) is 5. The summed E-state index contributed by atoms with van der Waals surface area (Å²) in [5, 5.41) is 8.67. The fraction of sp³-hybridized carbons (Fsp3) is 0.529. The molecule has 2 aromatic rings. The van der Waals surface area contributed by atoms with Gasteiger partial charge < -0.3 is 10.6 Å². The van der Waals surface area contributed by atoms with Crippen LogP contribution in [-0.2, 0) is 10.2 Å². The smallest absolute Gasteiger partial charge is 0.372 e. The standard InChI is InChI=1S/C17H23F3N4OS/c1-16(2,3)13-7-5-12(6-8-13)14-22-23-15(24(14)21)26-10-4-9-25-11-17(18,19)20/h5-8H,4,9-11,21H2,1-3H3. The van der Waals surface area contributed by atoms with Gasteiger partial charge in [0.2, 0.25) is 5.16 Å². The SMILES string of the molecule is CC(C)(C)c1ccc(-c2nnc(SCCCOCC(F)(F)F)n2N)cc1. The van der Waals surface area contributed by atoms with Crippen molar-refractivity contribution in [3.8, 4) is 11.4 Å². The first kappa shape index (κ1) is 20.6. The third kappa shape index (κ3) is 5.91. The average Bonchev–Trinajstić information content (AvgIpc) is 2.90. The summed E-state index contributed by atoms with van der Waals surface area (Å²) in [4.78, 5) is 0. The van der Waals surface area contributed by atoms with Gasteiger partial charge in [0.25, 0.3) is 0 Å². The highest BCUT2D eigenvalue weighted by Gasteiger charge is 2.27. The summed E-state index contributed by atoms with van der Waals surface area (Å²) in [6, 6.07) is 7.98. The molecule has 0 amide bonds. The van der Waals surface area contributed by atoms with Crippen LogP contribution in [0.25, 0.3) is 11.4 Å². The molecular weight excluding hydrogens is 365 g/mol. The van der Waals surface area contributed by atoms with Gasteiger partial charge in [-0.05, 0) is 17.4 Å². The van der Waals surface area contributed by atoms with Crippen molar-refractivity contribution in [3.05, 3.63) is 29.8 Å². The summed E-state index contributed by atoms with van der Waals surface area (Å²) in [5.74, 6) is 7.13. The summed E-state index contributed by atoms with van der Waals surface area (Å²) >= 11 is 1.33. The first-order valence-electron chi connectivity index (χ1n) is 8.16. The van der Waals surface area contributed by atoms with Crippen LogP contribution in [0, 0.1) is 0 Å². The number of aromatic nitrogens is 3. The lowest BCUT2D eigenvalue weighted by atomic mass is 9.87. The number of benzene rings is 1. The van der Waals surface area contributed by atoms with Crippen molar-refractivity contribution in [3.63, 3.8) is 0 Å². The Labute approximate surface area is 155 Å². The highest BCUT2D eigenvalue weighted by Crippen LogP contribution is 2.26. The zero-order valence-electron chi connectivity index (χ0n) is 15.0. The van der Waals surface area contributed by atoms with Gasteiger partial charge in [-0.15, -0.1) is 10.2 Å². The minimum atomic E-state index is -4.29. The molecule has 0 bridgehead atoms. The Balaban J connectivity index is 1.89.